The van der Waals surface area contributed by atoms with Crippen molar-refractivity contribution in [1.29, 1.82) is 0 Å². The van der Waals surface area contributed by atoms with E-state index in [9.17, 15) is 4.79 Å². The number of hydrogen-bond donors (Lipinski definition) is 2. The van der Waals surface area contributed by atoms with Crippen molar-refractivity contribution in [3.05, 3.63) is 41.4 Å². The van der Waals surface area contributed by atoms with Crippen LogP contribution in [0.15, 0.2) is 30.6 Å². The van der Waals surface area contributed by atoms with E-state index in [-0.39, 0.29) is 12.5 Å². The summed E-state index contributed by atoms with van der Waals surface area (Å²) in [7, 11) is 0. The second-order valence-corrected chi connectivity index (χ2v) is 4.63. The van der Waals surface area contributed by atoms with Crippen LogP contribution in [0.3, 0.4) is 0 Å². The minimum atomic E-state index is -0.116. The Hall–Kier alpha value is -1.92. The zero-order valence-electron chi connectivity index (χ0n) is 11.1. The van der Waals surface area contributed by atoms with Crippen LogP contribution in [-0.2, 0) is 17.9 Å². The Morgan fingerprint density at radius 3 is 2.80 bits per heavy atom. The minimum absolute atomic E-state index is 0.116. The molecule has 6 nitrogen and oxygen atoms in total. The van der Waals surface area contributed by atoms with E-state index in [1.54, 1.807) is 30.6 Å². The van der Waals surface area contributed by atoms with Gasteiger partial charge < -0.3 is 15.2 Å². The molecule has 0 bridgehead atoms. The van der Waals surface area contributed by atoms with Crippen molar-refractivity contribution >= 4 is 23.2 Å². The van der Waals surface area contributed by atoms with E-state index in [0.29, 0.717) is 11.6 Å². The Kier molecular flexibility index (Phi) is 5.09. The number of aryl methyl sites for hydroxylation is 1. The van der Waals surface area contributed by atoms with Crippen molar-refractivity contribution in [1.82, 2.24) is 20.1 Å². The van der Waals surface area contributed by atoms with Gasteiger partial charge in [0, 0.05) is 17.3 Å². The first kappa shape index (κ1) is 14.5. The highest BCUT2D eigenvalue weighted by Crippen LogP contribution is 2.12. The van der Waals surface area contributed by atoms with Gasteiger partial charge in [-0.3, -0.25) is 4.79 Å². The first-order valence-corrected chi connectivity index (χ1v) is 6.69. The number of hydrogen-bond acceptors (Lipinski definition) is 4. The molecule has 0 aliphatic rings. The number of carbonyl (C=O) groups excluding carboxylic acids is 1. The summed E-state index contributed by atoms with van der Waals surface area (Å²) in [4.78, 5) is 11.7. The summed E-state index contributed by atoms with van der Waals surface area (Å²) in [6.07, 6.45) is 1.67. The zero-order valence-corrected chi connectivity index (χ0v) is 11.9. The van der Waals surface area contributed by atoms with E-state index >= 15 is 0 Å². The molecule has 2 N–H and O–H groups in total. The SMILES string of the molecule is CCn1cnnc1CNCC(=O)Nc1ccc(Cl)cc1. The Labute approximate surface area is 122 Å². The fourth-order valence-corrected chi connectivity index (χ4v) is 1.83. The van der Waals surface area contributed by atoms with Gasteiger partial charge in [-0.15, -0.1) is 10.2 Å². The van der Waals surface area contributed by atoms with Gasteiger partial charge in [-0.2, -0.15) is 0 Å². The minimum Gasteiger partial charge on any atom is -0.325 e. The fraction of sp³-hybridized carbons (Fsp3) is 0.308. The largest absolute Gasteiger partial charge is 0.325 e. The number of benzene rings is 1. The molecule has 0 saturated heterocycles. The summed E-state index contributed by atoms with van der Waals surface area (Å²) in [5.74, 6) is 0.696. The van der Waals surface area contributed by atoms with E-state index in [0.717, 1.165) is 18.1 Å². The Bertz CT molecular complexity index is 566. The molecule has 0 fully saturated rings. The van der Waals surface area contributed by atoms with Crippen LogP contribution in [0.1, 0.15) is 12.7 Å². The first-order chi connectivity index (χ1) is 9.69. The van der Waals surface area contributed by atoms with Gasteiger partial charge >= 0.3 is 0 Å². The van der Waals surface area contributed by atoms with E-state index in [1.807, 2.05) is 11.5 Å². The monoisotopic (exact) mass is 293 g/mol. The second kappa shape index (κ2) is 7.02. The van der Waals surface area contributed by atoms with Gasteiger partial charge in [-0.1, -0.05) is 11.6 Å². The maximum atomic E-state index is 11.7. The molecule has 1 amide bonds. The van der Waals surface area contributed by atoms with Gasteiger partial charge in [-0.25, -0.2) is 0 Å². The summed E-state index contributed by atoms with van der Waals surface area (Å²) >= 11 is 5.78. The lowest BCUT2D eigenvalue weighted by atomic mass is 10.3. The summed E-state index contributed by atoms with van der Waals surface area (Å²) in [5, 5.41) is 14.3. The van der Waals surface area contributed by atoms with E-state index in [2.05, 4.69) is 20.8 Å². The molecule has 0 unspecified atom stereocenters. The molecule has 20 heavy (non-hydrogen) atoms. The summed E-state index contributed by atoms with van der Waals surface area (Å²) in [6, 6.07) is 6.98. The highest BCUT2D eigenvalue weighted by atomic mass is 35.5. The number of nitrogens with one attached hydrogen (secondary N) is 2. The van der Waals surface area contributed by atoms with Crippen LogP contribution in [0.2, 0.25) is 5.02 Å². The molecule has 106 valence electrons. The molecule has 7 heteroatoms. The number of anilines is 1. The van der Waals surface area contributed by atoms with Crippen LogP contribution >= 0.6 is 11.6 Å². The third-order valence-corrected chi connectivity index (χ3v) is 2.99. The molecule has 0 radical (unpaired) electrons. The van der Waals surface area contributed by atoms with Gasteiger partial charge in [0.25, 0.3) is 0 Å². The predicted molar refractivity (Wildman–Crippen MR) is 77.5 cm³/mol. The van der Waals surface area contributed by atoms with Crippen molar-refractivity contribution in [2.45, 2.75) is 20.0 Å². The van der Waals surface area contributed by atoms with E-state index < -0.39 is 0 Å². The van der Waals surface area contributed by atoms with Gasteiger partial charge in [0.05, 0.1) is 13.1 Å². The molecule has 0 aliphatic carbocycles. The topological polar surface area (TPSA) is 71.8 Å². The molecule has 0 aliphatic heterocycles. The number of halogens is 1. The molecule has 1 heterocycles. The molecule has 2 rings (SSSR count). The van der Waals surface area contributed by atoms with Gasteiger partial charge in [0.1, 0.15) is 12.2 Å². The molecular weight excluding hydrogens is 278 g/mol. The third kappa shape index (κ3) is 4.04. The zero-order chi connectivity index (χ0) is 14.4. The van der Waals surface area contributed by atoms with Crippen LogP contribution in [0.5, 0.6) is 0 Å². The maximum Gasteiger partial charge on any atom is 0.238 e. The molecule has 2 aromatic rings. The maximum absolute atomic E-state index is 11.7. The third-order valence-electron chi connectivity index (χ3n) is 2.73. The normalized spacial score (nSPS) is 10.5. The molecule has 0 saturated carbocycles. The predicted octanol–water partition coefficient (Wildman–Crippen LogP) is 1.68. The Balaban J connectivity index is 1.76. The van der Waals surface area contributed by atoms with Crippen LogP contribution in [0, 0.1) is 0 Å². The lowest BCUT2D eigenvalue weighted by molar-refractivity contribution is -0.115. The standard InChI is InChI=1S/C13H16ClN5O/c1-2-19-9-16-18-12(19)7-15-8-13(20)17-11-5-3-10(14)4-6-11/h3-6,9,15H,2,7-8H2,1H3,(H,17,20). The number of amides is 1. The summed E-state index contributed by atoms with van der Waals surface area (Å²) in [6.45, 7) is 3.53. The summed E-state index contributed by atoms with van der Waals surface area (Å²) in [5.41, 5.74) is 0.720. The second-order valence-electron chi connectivity index (χ2n) is 4.19. The molecule has 0 spiro atoms. The van der Waals surface area contributed by atoms with Crippen LogP contribution in [0.25, 0.3) is 0 Å². The van der Waals surface area contributed by atoms with Crippen molar-refractivity contribution in [3.63, 3.8) is 0 Å². The number of carbonyl (C=O) groups is 1. The van der Waals surface area contributed by atoms with Crippen LogP contribution < -0.4 is 10.6 Å². The molecular formula is C13H16ClN5O. The van der Waals surface area contributed by atoms with Crippen LogP contribution in [-0.4, -0.2) is 27.2 Å². The van der Waals surface area contributed by atoms with E-state index in [4.69, 9.17) is 11.6 Å². The van der Waals surface area contributed by atoms with Crippen LogP contribution in [0.4, 0.5) is 5.69 Å². The van der Waals surface area contributed by atoms with Crippen molar-refractivity contribution in [2.75, 3.05) is 11.9 Å². The highest BCUT2D eigenvalue weighted by Gasteiger charge is 2.05. The first-order valence-electron chi connectivity index (χ1n) is 6.32. The lowest BCUT2D eigenvalue weighted by Gasteiger charge is -2.07. The van der Waals surface area contributed by atoms with Gasteiger partial charge in [0.15, 0.2) is 0 Å². The molecule has 1 aromatic carbocycles. The molecule has 0 atom stereocenters. The number of nitrogens with zero attached hydrogens (tertiary/aromatic N) is 3. The Morgan fingerprint density at radius 2 is 2.10 bits per heavy atom. The van der Waals surface area contributed by atoms with Gasteiger partial charge in [0.2, 0.25) is 5.91 Å². The number of aromatic nitrogens is 3. The highest BCUT2D eigenvalue weighted by molar-refractivity contribution is 6.30. The lowest BCUT2D eigenvalue weighted by Crippen LogP contribution is -2.28. The van der Waals surface area contributed by atoms with Gasteiger partial charge in [-0.05, 0) is 31.2 Å². The van der Waals surface area contributed by atoms with Crippen molar-refractivity contribution in [3.8, 4) is 0 Å². The average Bonchev–Trinajstić information content (AvgIpc) is 2.89. The summed E-state index contributed by atoms with van der Waals surface area (Å²) < 4.78 is 1.92. The molecule has 1 aromatic heterocycles. The number of rotatable bonds is 6. The van der Waals surface area contributed by atoms with Crippen molar-refractivity contribution < 1.29 is 4.79 Å². The Morgan fingerprint density at radius 1 is 1.35 bits per heavy atom. The van der Waals surface area contributed by atoms with Crippen molar-refractivity contribution in [2.24, 2.45) is 0 Å². The van der Waals surface area contributed by atoms with E-state index in [1.165, 1.54) is 0 Å². The quantitative estimate of drug-likeness (QED) is 0.850. The smallest absolute Gasteiger partial charge is 0.238 e. The fourth-order valence-electron chi connectivity index (χ4n) is 1.71. The average molecular weight is 294 g/mol.